The van der Waals surface area contributed by atoms with E-state index in [4.69, 9.17) is 5.41 Å². The van der Waals surface area contributed by atoms with Gasteiger partial charge in [0, 0.05) is 37.6 Å². The van der Waals surface area contributed by atoms with E-state index in [9.17, 15) is 19.5 Å². The molecule has 3 heterocycles. The summed E-state index contributed by atoms with van der Waals surface area (Å²) in [7, 11) is 0. The maximum Gasteiger partial charge on any atom is 0.249 e. The third-order valence-electron chi connectivity index (χ3n) is 7.89. The highest BCUT2D eigenvalue weighted by Gasteiger charge is 2.43. The van der Waals surface area contributed by atoms with Crippen LogP contribution in [0.2, 0.25) is 0 Å². The third kappa shape index (κ3) is 6.92. The van der Waals surface area contributed by atoms with E-state index >= 15 is 0 Å². The zero-order valence-electron chi connectivity index (χ0n) is 23.6. The summed E-state index contributed by atoms with van der Waals surface area (Å²) in [6.45, 7) is 3.30. The summed E-state index contributed by atoms with van der Waals surface area (Å²) in [5.41, 5.74) is 2.34. The third-order valence-corrected chi connectivity index (χ3v) is 7.89. The van der Waals surface area contributed by atoms with Crippen LogP contribution in [0.15, 0.2) is 66.9 Å². The largest absolute Gasteiger partial charge is 0.383 e. The number of piperazine rings is 1. The van der Waals surface area contributed by atoms with Gasteiger partial charge in [0.25, 0.3) is 0 Å². The molecule has 2 aliphatic heterocycles. The number of para-hydroxylation sites is 1. The molecular weight excluding hydrogens is 534 g/mol. The Morgan fingerprint density at radius 3 is 2.67 bits per heavy atom. The summed E-state index contributed by atoms with van der Waals surface area (Å²) in [6.07, 6.45) is 1.38. The SMILES string of the molecule is CC(=N)N1CCNC(C(=O)N2C[C@H](NC(=O)[C@H](O)CCc3ccccc3)C[C@H]2C(=O)Nc2cnc3ccccc3c2)C1. The van der Waals surface area contributed by atoms with Crippen molar-refractivity contribution in [3.63, 3.8) is 0 Å². The van der Waals surface area contributed by atoms with Crippen molar-refractivity contribution in [1.82, 2.24) is 25.4 Å². The minimum Gasteiger partial charge on any atom is -0.383 e. The number of rotatable bonds is 8. The minimum atomic E-state index is -1.21. The van der Waals surface area contributed by atoms with Gasteiger partial charge in [-0.15, -0.1) is 0 Å². The van der Waals surface area contributed by atoms with E-state index in [1.807, 2.05) is 65.6 Å². The first-order chi connectivity index (χ1) is 20.3. The Morgan fingerprint density at radius 2 is 1.88 bits per heavy atom. The highest BCUT2D eigenvalue weighted by Crippen LogP contribution is 2.23. The number of anilines is 1. The van der Waals surface area contributed by atoms with Crippen LogP contribution in [0.1, 0.15) is 25.3 Å². The van der Waals surface area contributed by atoms with Gasteiger partial charge < -0.3 is 30.9 Å². The highest BCUT2D eigenvalue weighted by atomic mass is 16.3. The second kappa shape index (κ2) is 13.1. The molecule has 2 saturated heterocycles. The Bertz CT molecular complexity index is 1450. The molecule has 0 saturated carbocycles. The van der Waals surface area contributed by atoms with Gasteiger partial charge in [-0.2, -0.15) is 0 Å². The summed E-state index contributed by atoms with van der Waals surface area (Å²) < 4.78 is 0. The Kier molecular flexibility index (Phi) is 9.09. The van der Waals surface area contributed by atoms with E-state index in [-0.39, 0.29) is 31.2 Å². The van der Waals surface area contributed by atoms with Gasteiger partial charge in [0.15, 0.2) is 0 Å². The highest BCUT2D eigenvalue weighted by molar-refractivity contribution is 5.99. The van der Waals surface area contributed by atoms with Crippen molar-refractivity contribution in [1.29, 1.82) is 5.41 Å². The van der Waals surface area contributed by atoms with Gasteiger partial charge in [0.2, 0.25) is 17.7 Å². The van der Waals surface area contributed by atoms with Crippen molar-refractivity contribution < 1.29 is 19.5 Å². The van der Waals surface area contributed by atoms with E-state index in [0.717, 1.165) is 16.5 Å². The van der Waals surface area contributed by atoms with Crippen LogP contribution in [0, 0.1) is 5.41 Å². The average molecular weight is 572 g/mol. The lowest BCUT2D eigenvalue weighted by Gasteiger charge is -2.36. The van der Waals surface area contributed by atoms with E-state index in [0.29, 0.717) is 37.6 Å². The second-order valence-corrected chi connectivity index (χ2v) is 10.9. The Labute approximate surface area is 244 Å². The number of carbonyl (C=O) groups is 3. The summed E-state index contributed by atoms with van der Waals surface area (Å²) in [6, 6.07) is 17.1. The quantitative estimate of drug-likeness (QED) is 0.203. The zero-order chi connectivity index (χ0) is 29.6. The number of likely N-dealkylation sites (tertiary alicyclic amines) is 1. The van der Waals surface area contributed by atoms with E-state index < -0.39 is 30.1 Å². The summed E-state index contributed by atoms with van der Waals surface area (Å²) in [5.74, 6) is -0.787. The number of fused-ring (bicyclic) bond motifs is 1. The van der Waals surface area contributed by atoms with Gasteiger partial charge in [-0.1, -0.05) is 48.5 Å². The molecular formula is C31H37N7O4. The molecule has 220 valence electrons. The molecule has 11 heteroatoms. The molecule has 1 aromatic heterocycles. The molecule has 2 aliphatic rings. The van der Waals surface area contributed by atoms with Crippen LogP contribution in [0.25, 0.3) is 10.9 Å². The second-order valence-electron chi connectivity index (χ2n) is 10.9. The molecule has 2 aromatic carbocycles. The number of aliphatic hydroxyl groups is 1. The Balaban J connectivity index is 1.28. The molecule has 42 heavy (non-hydrogen) atoms. The van der Waals surface area contributed by atoms with Crippen molar-refractivity contribution in [2.24, 2.45) is 0 Å². The van der Waals surface area contributed by atoms with Crippen LogP contribution >= 0.6 is 0 Å². The molecule has 0 aliphatic carbocycles. The smallest absolute Gasteiger partial charge is 0.249 e. The van der Waals surface area contributed by atoms with Crippen LogP contribution < -0.4 is 16.0 Å². The number of nitrogens with one attached hydrogen (secondary N) is 4. The summed E-state index contributed by atoms with van der Waals surface area (Å²) in [4.78, 5) is 48.0. The number of amidine groups is 1. The average Bonchev–Trinajstić information content (AvgIpc) is 3.43. The van der Waals surface area contributed by atoms with Crippen LogP contribution in [-0.2, 0) is 20.8 Å². The first-order valence-electron chi connectivity index (χ1n) is 14.3. The maximum absolute atomic E-state index is 13.7. The topological polar surface area (TPSA) is 151 Å². The van der Waals surface area contributed by atoms with Gasteiger partial charge in [0.1, 0.15) is 18.2 Å². The molecule has 0 bridgehead atoms. The molecule has 2 fully saturated rings. The molecule has 0 spiro atoms. The van der Waals surface area contributed by atoms with Crippen LogP contribution in [-0.4, -0.2) is 93.9 Å². The molecule has 4 atom stereocenters. The lowest BCUT2D eigenvalue weighted by molar-refractivity contribution is -0.139. The van der Waals surface area contributed by atoms with Crippen molar-refractivity contribution in [2.75, 3.05) is 31.5 Å². The van der Waals surface area contributed by atoms with Gasteiger partial charge in [-0.05, 0) is 43.9 Å². The number of pyridine rings is 1. The first kappa shape index (κ1) is 29.2. The number of nitrogens with zero attached hydrogens (tertiary/aromatic N) is 3. The summed E-state index contributed by atoms with van der Waals surface area (Å²) >= 11 is 0. The number of amides is 3. The van der Waals surface area contributed by atoms with Gasteiger partial charge >= 0.3 is 0 Å². The molecule has 11 nitrogen and oxygen atoms in total. The number of hydrogen-bond acceptors (Lipinski definition) is 7. The lowest BCUT2D eigenvalue weighted by Crippen LogP contribution is -2.60. The van der Waals surface area contributed by atoms with Gasteiger partial charge in [-0.25, -0.2) is 0 Å². The van der Waals surface area contributed by atoms with E-state index in [1.54, 1.807) is 13.1 Å². The van der Waals surface area contributed by atoms with Gasteiger partial charge in [0.05, 0.1) is 23.2 Å². The molecule has 5 N–H and O–H groups in total. The maximum atomic E-state index is 13.7. The molecule has 5 rings (SSSR count). The predicted octanol–water partition coefficient (Wildman–Crippen LogP) is 1.52. The minimum absolute atomic E-state index is 0.131. The van der Waals surface area contributed by atoms with Crippen LogP contribution in [0.4, 0.5) is 5.69 Å². The number of carbonyl (C=O) groups excluding carboxylic acids is 3. The van der Waals surface area contributed by atoms with Crippen molar-refractivity contribution in [3.8, 4) is 0 Å². The molecule has 1 unspecified atom stereocenters. The van der Waals surface area contributed by atoms with Crippen molar-refractivity contribution >= 4 is 40.1 Å². The van der Waals surface area contributed by atoms with Crippen molar-refractivity contribution in [3.05, 3.63) is 72.4 Å². The fourth-order valence-electron chi connectivity index (χ4n) is 5.59. The number of aromatic nitrogens is 1. The standard InChI is InChI=1S/C31H37N7O4/c1-20(32)37-14-13-33-26(19-37)31(42)38-18-24(36-30(41)28(39)12-11-21-7-3-2-4-8-21)16-27(38)29(40)35-23-15-22-9-5-6-10-25(22)34-17-23/h2-10,15,17,24,26-28,32-33,39H,11-14,16,18-19H2,1H3,(H,35,40)(H,36,41)/t24-,26?,27+,28-/m1/s1. The predicted molar refractivity (Wildman–Crippen MR) is 160 cm³/mol. The summed E-state index contributed by atoms with van der Waals surface area (Å²) in [5, 5.41) is 28.4. The monoisotopic (exact) mass is 571 g/mol. The normalized spacial score (nSPS) is 21.1. The fraction of sp³-hybridized carbons (Fsp3) is 0.387. The number of aryl methyl sites for hydroxylation is 1. The number of hydrogen-bond donors (Lipinski definition) is 5. The first-order valence-corrected chi connectivity index (χ1v) is 14.3. The molecule has 3 amide bonds. The Morgan fingerprint density at radius 1 is 1.12 bits per heavy atom. The molecule has 3 aromatic rings. The van der Waals surface area contributed by atoms with Crippen LogP contribution in [0.5, 0.6) is 0 Å². The van der Waals surface area contributed by atoms with Gasteiger partial charge in [-0.3, -0.25) is 24.8 Å². The Hall–Kier alpha value is -4.35. The number of benzene rings is 2. The van der Waals surface area contributed by atoms with E-state index in [2.05, 4.69) is 20.9 Å². The fourth-order valence-corrected chi connectivity index (χ4v) is 5.59. The lowest BCUT2D eigenvalue weighted by atomic mass is 10.1. The zero-order valence-corrected chi connectivity index (χ0v) is 23.6. The van der Waals surface area contributed by atoms with Crippen molar-refractivity contribution in [2.45, 2.75) is 50.4 Å². The van der Waals surface area contributed by atoms with Crippen LogP contribution in [0.3, 0.4) is 0 Å². The van der Waals surface area contributed by atoms with E-state index in [1.165, 1.54) is 4.90 Å². The molecule has 0 radical (unpaired) electrons. The number of aliphatic hydroxyl groups excluding tert-OH is 1.